The van der Waals surface area contributed by atoms with Crippen LogP contribution in [0.15, 0.2) is 36.7 Å². The topological polar surface area (TPSA) is 34.2 Å². The van der Waals surface area contributed by atoms with Crippen LogP contribution in [0.4, 0.5) is 0 Å². The lowest BCUT2D eigenvalue weighted by Gasteiger charge is -2.12. The summed E-state index contributed by atoms with van der Waals surface area (Å²) in [7, 11) is 1.90. The van der Waals surface area contributed by atoms with E-state index < -0.39 is 0 Å². The lowest BCUT2D eigenvalue weighted by Crippen LogP contribution is -2.06. The van der Waals surface area contributed by atoms with Gasteiger partial charge in [-0.05, 0) is 43.8 Å². The Labute approximate surface area is 112 Å². The zero-order valence-electron chi connectivity index (χ0n) is 10.4. The zero-order valence-corrected chi connectivity index (χ0v) is 11.2. The molecule has 0 aliphatic heterocycles. The minimum atomic E-state index is 0.710. The molecule has 4 heteroatoms. The van der Waals surface area contributed by atoms with Crippen LogP contribution in [0.1, 0.15) is 11.1 Å². The van der Waals surface area contributed by atoms with Gasteiger partial charge in [0.2, 0.25) is 0 Å². The van der Waals surface area contributed by atoms with E-state index in [4.69, 9.17) is 16.3 Å². The van der Waals surface area contributed by atoms with E-state index in [0.717, 1.165) is 29.2 Å². The summed E-state index contributed by atoms with van der Waals surface area (Å²) in [6.45, 7) is 2.71. The maximum atomic E-state index is 5.92. The molecule has 0 atom stereocenters. The molecule has 0 radical (unpaired) electrons. The molecule has 0 amide bonds. The molecule has 0 saturated carbocycles. The molecule has 3 nitrogen and oxygen atoms in total. The molecule has 18 heavy (non-hydrogen) atoms. The summed E-state index contributed by atoms with van der Waals surface area (Å²) in [5.41, 5.74) is 2.07. The van der Waals surface area contributed by atoms with Crippen LogP contribution in [0.2, 0.25) is 5.02 Å². The smallest absolute Gasteiger partial charge is 0.150 e. The van der Waals surface area contributed by atoms with E-state index in [-0.39, 0.29) is 0 Å². The van der Waals surface area contributed by atoms with Gasteiger partial charge in [0.1, 0.15) is 11.5 Å². The van der Waals surface area contributed by atoms with Gasteiger partial charge in [0.15, 0.2) is 0 Å². The quantitative estimate of drug-likeness (QED) is 0.915. The van der Waals surface area contributed by atoms with E-state index in [0.29, 0.717) is 5.02 Å². The van der Waals surface area contributed by atoms with Crippen molar-refractivity contribution in [1.82, 2.24) is 10.3 Å². The molecular formula is C14H15ClN2O. The molecule has 1 heterocycles. The Morgan fingerprint density at radius 1 is 1.28 bits per heavy atom. The molecule has 0 aliphatic carbocycles. The first-order valence-electron chi connectivity index (χ1n) is 5.72. The number of hydrogen-bond donors (Lipinski definition) is 1. The second-order valence-corrected chi connectivity index (χ2v) is 4.46. The summed E-state index contributed by atoms with van der Waals surface area (Å²) in [6, 6.07) is 7.51. The van der Waals surface area contributed by atoms with Gasteiger partial charge in [-0.3, -0.25) is 4.98 Å². The van der Waals surface area contributed by atoms with Crippen molar-refractivity contribution < 1.29 is 4.74 Å². The third-order valence-corrected chi connectivity index (χ3v) is 2.83. The number of nitrogens with zero attached hydrogens (tertiary/aromatic N) is 1. The SMILES string of the molecule is CNCc1ccncc1Oc1ccc(Cl)cc1C. The van der Waals surface area contributed by atoms with Gasteiger partial charge in [0.25, 0.3) is 0 Å². The number of hydrogen-bond acceptors (Lipinski definition) is 3. The fourth-order valence-electron chi connectivity index (χ4n) is 1.68. The number of pyridine rings is 1. The Bertz CT molecular complexity index is 543. The van der Waals surface area contributed by atoms with E-state index in [2.05, 4.69) is 10.3 Å². The fourth-order valence-corrected chi connectivity index (χ4v) is 1.91. The van der Waals surface area contributed by atoms with E-state index in [1.807, 2.05) is 38.2 Å². The maximum absolute atomic E-state index is 5.92. The van der Waals surface area contributed by atoms with Gasteiger partial charge in [0, 0.05) is 23.3 Å². The number of aromatic nitrogens is 1. The predicted molar refractivity (Wildman–Crippen MR) is 73.3 cm³/mol. The van der Waals surface area contributed by atoms with Crippen molar-refractivity contribution in [2.75, 3.05) is 7.05 Å². The van der Waals surface area contributed by atoms with E-state index in [1.54, 1.807) is 12.4 Å². The van der Waals surface area contributed by atoms with Crippen LogP contribution in [-0.2, 0) is 6.54 Å². The molecule has 0 aliphatic rings. The molecule has 0 unspecified atom stereocenters. The van der Waals surface area contributed by atoms with Crippen LogP contribution in [0.25, 0.3) is 0 Å². The van der Waals surface area contributed by atoms with Gasteiger partial charge in [-0.2, -0.15) is 0 Å². The highest BCUT2D eigenvalue weighted by atomic mass is 35.5. The number of aryl methyl sites for hydroxylation is 1. The van der Waals surface area contributed by atoms with Gasteiger partial charge in [0.05, 0.1) is 6.20 Å². The predicted octanol–water partition coefficient (Wildman–Crippen LogP) is 3.56. The molecule has 1 aromatic heterocycles. The molecule has 0 spiro atoms. The van der Waals surface area contributed by atoms with Crippen molar-refractivity contribution in [3.8, 4) is 11.5 Å². The number of rotatable bonds is 4. The first-order valence-corrected chi connectivity index (χ1v) is 6.10. The van der Waals surface area contributed by atoms with Crippen LogP contribution < -0.4 is 10.1 Å². The van der Waals surface area contributed by atoms with E-state index >= 15 is 0 Å². The number of nitrogens with one attached hydrogen (secondary N) is 1. The average molecular weight is 263 g/mol. The largest absolute Gasteiger partial charge is 0.455 e. The number of halogens is 1. The third kappa shape index (κ3) is 3.00. The van der Waals surface area contributed by atoms with Gasteiger partial charge < -0.3 is 10.1 Å². The zero-order chi connectivity index (χ0) is 13.0. The van der Waals surface area contributed by atoms with Crippen LogP contribution in [0.3, 0.4) is 0 Å². The van der Waals surface area contributed by atoms with Crippen molar-refractivity contribution in [2.24, 2.45) is 0 Å². The molecule has 94 valence electrons. The van der Waals surface area contributed by atoms with E-state index in [9.17, 15) is 0 Å². The Hall–Kier alpha value is -1.58. The lowest BCUT2D eigenvalue weighted by atomic mass is 10.2. The Kier molecular flexibility index (Phi) is 4.18. The summed E-state index contributed by atoms with van der Waals surface area (Å²) in [5, 5.41) is 3.81. The van der Waals surface area contributed by atoms with Crippen molar-refractivity contribution in [1.29, 1.82) is 0 Å². The van der Waals surface area contributed by atoms with Gasteiger partial charge in [-0.1, -0.05) is 11.6 Å². The first kappa shape index (κ1) is 12.9. The second-order valence-electron chi connectivity index (χ2n) is 4.03. The minimum absolute atomic E-state index is 0.710. The summed E-state index contributed by atoms with van der Waals surface area (Å²) < 4.78 is 5.89. The van der Waals surface area contributed by atoms with Crippen molar-refractivity contribution in [3.05, 3.63) is 52.8 Å². The Morgan fingerprint density at radius 3 is 2.83 bits per heavy atom. The molecular weight excluding hydrogens is 248 g/mol. The van der Waals surface area contributed by atoms with Crippen LogP contribution >= 0.6 is 11.6 Å². The molecule has 0 saturated heterocycles. The molecule has 1 aromatic carbocycles. The Morgan fingerprint density at radius 2 is 2.11 bits per heavy atom. The molecule has 2 rings (SSSR count). The van der Waals surface area contributed by atoms with Crippen LogP contribution in [0.5, 0.6) is 11.5 Å². The van der Waals surface area contributed by atoms with Gasteiger partial charge >= 0.3 is 0 Å². The fraction of sp³-hybridized carbons (Fsp3) is 0.214. The molecule has 0 fully saturated rings. The molecule has 0 bridgehead atoms. The normalized spacial score (nSPS) is 10.4. The standard InChI is InChI=1S/C14H15ClN2O/c1-10-7-12(15)3-4-13(10)18-14-9-17-6-5-11(14)8-16-2/h3-7,9,16H,8H2,1-2H3. The maximum Gasteiger partial charge on any atom is 0.150 e. The highest BCUT2D eigenvalue weighted by Gasteiger charge is 2.06. The summed E-state index contributed by atoms with van der Waals surface area (Å²) in [4.78, 5) is 4.09. The minimum Gasteiger partial charge on any atom is -0.455 e. The lowest BCUT2D eigenvalue weighted by molar-refractivity contribution is 0.468. The summed E-state index contributed by atoms with van der Waals surface area (Å²) >= 11 is 5.92. The highest BCUT2D eigenvalue weighted by molar-refractivity contribution is 6.30. The van der Waals surface area contributed by atoms with Gasteiger partial charge in [-0.15, -0.1) is 0 Å². The van der Waals surface area contributed by atoms with Crippen LogP contribution in [0, 0.1) is 6.92 Å². The van der Waals surface area contributed by atoms with Crippen molar-refractivity contribution >= 4 is 11.6 Å². The van der Waals surface area contributed by atoms with Crippen molar-refractivity contribution in [2.45, 2.75) is 13.5 Å². The monoisotopic (exact) mass is 262 g/mol. The number of benzene rings is 1. The first-order chi connectivity index (χ1) is 8.70. The number of ether oxygens (including phenoxy) is 1. The van der Waals surface area contributed by atoms with Crippen LogP contribution in [-0.4, -0.2) is 12.0 Å². The van der Waals surface area contributed by atoms with Gasteiger partial charge in [-0.25, -0.2) is 0 Å². The highest BCUT2D eigenvalue weighted by Crippen LogP contribution is 2.28. The summed E-state index contributed by atoms with van der Waals surface area (Å²) in [5.74, 6) is 1.56. The summed E-state index contributed by atoms with van der Waals surface area (Å²) in [6.07, 6.45) is 3.48. The third-order valence-electron chi connectivity index (χ3n) is 2.59. The molecule has 2 aromatic rings. The van der Waals surface area contributed by atoms with E-state index in [1.165, 1.54) is 0 Å². The second kappa shape index (κ2) is 5.85. The average Bonchev–Trinajstić information content (AvgIpc) is 2.35. The molecule has 1 N–H and O–H groups in total. The van der Waals surface area contributed by atoms with Crippen molar-refractivity contribution in [3.63, 3.8) is 0 Å². The Balaban J connectivity index is 2.28.